The number of methoxy groups -OCH3 is 1. The van der Waals surface area contributed by atoms with Gasteiger partial charge in [0.2, 0.25) is 0 Å². The largest absolute Gasteiger partial charge is 0.495 e. The van der Waals surface area contributed by atoms with E-state index in [2.05, 4.69) is 53.1 Å². The van der Waals surface area contributed by atoms with Gasteiger partial charge in [0, 0.05) is 19.3 Å². The summed E-state index contributed by atoms with van der Waals surface area (Å²) in [4.78, 5) is 6.54. The molecule has 0 bridgehead atoms. The number of nitriles is 1. The van der Waals surface area contributed by atoms with Crippen LogP contribution in [0.4, 0.5) is 5.82 Å². The number of rotatable bonds is 2. The van der Waals surface area contributed by atoms with E-state index in [1.807, 2.05) is 0 Å². The summed E-state index contributed by atoms with van der Waals surface area (Å²) in [6.45, 7) is 8.46. The highest BCUT2D eigenvalue weighted by Gasteiger charge is 2.20. The summed E-state index contributed by atoms with van der Waals surface area (Å²) in [7, 11) is 0.271. The highest BCUT2D eigenvalue weighted by atomic mass is 28.3. The first-order chi connectivity index (χ1) is 10.9. The Kier molecular flexibility index (Phi) is 5.47. The van der Waals surface area contributed by atoms with Gasteiger partial charge in [0.15, 0.2) is 0 Å². The minimum Gasteiger partial charge on any atom is -0.495 e. The molecule has 5 heteroatoms. The first kappa shape index (κ1) is 17.1. The van der Waals surface area contributed by atoms with Gasteiger partial charge in [-0.2, -0.15) is 5.26 Å². The molecule has 0 atom stereocenters. The van der Waals surface area contributed by atoms with Crippen molar-refractivity contribution in [2.75, 3.05) is 25.1 Å². The van der Waals surface area contributed by atoms with Gasteiger partial charge in [-0.3, -0.25) is 0 Å². The van der Waals surface area contributed by atoms with Gasteiger partial charge in [-0.25, -0.2) is 4.98 Å². The molecule has 0 amide bonds. The number of anilines is 1. The Morgan fingerprint density at radius 2 is 2.00 bits per heavy atom. The number of nitrogens with zero attached hydrogens (tertiary/aromatic N) is 3. The topological polar surface area (TPSA) is 49.1 Å². The maximum absolute atomic E-state index is 9.38. The second-order valence-corrected chi connectivity index (χ2v) is 11.4. The zero-order valence-corrected chi connectivity index (χ0v) is 15.3. The average Bonchev–Trinajstić information content (AvgIpc) is 2.53. The number of ether oxygens (including phenoxy) is 1. The van der Waals surface area contributed by atoms with Crippen molar-refractivity contribution in [3.8, 4) is 23.3 Å². The van der Waals surface area contributed by atoms with Gasteiger partial charge < -0.3 is 9.64 Å². The molecular formula is C18H23N3OSi. The van der Waals surface area contributed by atoms with Crippen LogP contribution in [-0.4, -0.2) is 33.3 Å². The number of hydrogen-bond donors (Lipinski definition) is 0. The average molecular weight is 325 g/mol. The zero-order chi connectivity index (χ0) is 16.9. The lowest BCUT2D eigenvalue weighted by Crippen LogP contribution is -2.32. The van der Waals surface area contributed by atoms with E-state index < -0.39 is 8.07 Å². The summed E-state index contributed by atoms with van der Waals surface area (Å²) < 4.78 is 5.26. The Labute approximate surface area is 139 Å². The number of pyridine rings is 1. The van der Waals surface area contributed by atoms with Crippen LogP contribution in [0.3, 0.4) is 0 Å². The molecule has 120 valence electrons. The fourth-order valence-corrected chi connectivity index (χ4v) is 2.96. The standard InChI is InChI=1S/C18H23N3OSi/c1-22-17-7-10-20-18(16(17)14-19)21-11-8-15(9-12-21)6-5-13-23(2,3)4/h6-7,10H,8-9,11-12H2,1-4H3. The van der Waals surface area contributed by atoms with Gasteiger partial charge in [-0.1, -0.05) is 31.1 Å². The molecule has 23 heavy (non-hydrogen) atoms. The van der Waals surface area contributed by atoms with Crippen molar-refractivity contribution in [3.63, 3.8) is 0 Å². The van der Waals surface area contributed by atoms with Crippen LogP contribution in [0.5, 0.6) is 5.75 Å². The van der Waals surface area contributed by atoms with Gasteiger partial charge in [0.05, 0.1) is 7.11 Å². The predicted octanol–water partition coefficient (Wildman–Crippen LogP) is 3.37. The van der Waals surface area contributed by atoms with Crippen molar-refractivity contribution in [3.05, 3.63) is 29.5 Å². The van der Waals surface area contributed by atoms with E-state index in [0.717, 1.165) is 31.7 Å². The Bertz CT molecular complexity index is 692. The fourth-order valence-electron chi connectivity index (χ4n) is 2.45. The highest BCUT2D eigenvalue weighted by molar-refractivity contribution is 6.83. The Morgan fingerprint density at radius 3 is 2.57 bits per heavy atom. The molecule has 1 aromatic heterocycles. The van der Waals surface area contributed by atoms with Crippen LogP contribution in [0, 0.1) is 22.8 Å². The summed E-state index contributed by atoms with van der Waals surface area (Å²) in [6.07, 6.45) is 5.70. The minimum absolute atomic E-state index is 0.515. The third-order valence-corrected chi connectivity index (χ3v) is 4.55. The van der Waals surface area contributed by atoms with Gasteiger partial charge in [0.25, 0.3) is 0 Å². The highest BCUT2D eigenvalue weighted by Crippen LogP contribution is 2.29. The predicted molar refractivity (Wildman–Crippen MR) is 96.2 cm³/mol. The molecule has 0 unspecified atom stereocenters. The molecule has 4 nitrogen and oxygen atoms in total. The lowest BCUT2D eigenvalue weighted by Gasteiger charge is -2.30. The van der Waals surface area contributed by atoms with Gasteiger partial charge in [-0.15, -0.1) is 5.54 Å². The normalized spacial score (nSPS) is 14.6. The number of piperidine rings is 1. The van der Waals surface area contributed by atoms with Gasteiger partial charge in [-0.05, 0) is 25.0 Å². The molecule has 1 aliphatic heterocycles. The quantitative estimate of drug-likeness (QED) is 0.618. The van der Waals surface area contributed by atoms with Crippen LogP contribution in [0.2, 0.25) is 19.6 Å². The molecule has 1 aromatic rings. The maximum Gasteiger partial charge on any atom is 0.150 e. The van der Waals surface area contributed by atoms with Crippen LogP contribution < -0.4 is 9.64 Å². The molecular weight excluding hydrogens is 302 g/mol. The van der Waals surface area contributed by atoms with E-state index in [9.17, 15) is 5.26 Å². The minimum atomic E-state index is -1.31. The van der Waals surface area contributed by atoms with E-state index in [-0.39, 0.29) is 0 Å². The Hall–Kier alpha value is -2.24. The lowest BCUT2D eigenvalue weighted by atomic mass is 10.0. The van der Waals surface area contributed by atoms with Gasteiger partial charge in [0.1, 0.15) is 31.3 Å². The van der Waals surface area contributed by atoms with Crippen LogP contribution >= 0.6 is 0 Å². The monoisotopic (exact) mass is 325 g/mol. The fraction of sp³-hybridized carbons (Fsp3) is 0.444. The zero-order valence-electron chi connectivity index (χ0n) is 14.3. The molecule has 0 spiro atoms. The van der Waals surface area contributed by atoms with Crippen LogP contribution in [-0.2, 0) is 0 Å². The molecule has 0 N–H and O–H groups in total. The lowest BCUT2D eigenvalue weighted by molar-refractivity contribution is 0.412. The molecule has 2 heterocycles. The molecule has 1 aliphatic rings. The van der Waals surface area contributed by atoms with E-state index in [0.29, 0.717) is 11.3 Å². The van der Waals surface area contributed by atoms with Crippen LogP contribution in [0.15, 0.2) is 23.9 Å². The van der Waals surface area contributed by atoms with Crippen molar-refractivity contribution in [1.82, 2.24) is 4.98 Å². The third kappa shape index (κ3) is 4.61. The molecule has 0 saturated carbocycles. The molecule has 0 aliphatic carbocycles. The van der Waals surface area contributed by atoms with Gasteiger partial charge >= 0.3 is 0 Å². The summed E-state index contributed by atoms with van der Waals surface area (Å²) in [5, 5.41) is 9.38. The molecule has 2 rings (SSSR count). The summed E-state index contributed by atoms with van der Waals surface area (Å²) >= 11 is 0. The van der Waals surface area contributed by atoms with E-state index in [4.69, 9.17) is 4.74 Å². The first-order valence-electron chi connectivity index (χ1n) is 7.83. The van der Waals surface area contributed by atoms with Crippen molar-refractivity contribution >= 4 is 13.9 Å². The van der Waals surface area contributed by atoms with Crippen LogP contribution in [0.1, 0.15) is 18.4 Å². The Morgan fingerprint density at radius 1 is 1.30 bits per heavy atom. The smallest absolute Gasteiger partial charge is 0.150 e. The second kappa shape index (κ2) is 7.35. The summed E-state index contributed by atoms with van der Waals surface area (Å²) in [5.74, 6) is 4.54. The van der Waals surface area contributed by atoms with E-state index in [1.165, 1.54) is 5.57 Å². The van der Waals surface area contributed by atoms with Crippen molar-refractivity contribution in [2.45, 2.75) is 32.5 Å². The van der Waals surface area contributed by atoms with Crippen molar-refractivity contribution < 1.29 is 4.74 Å². The molecule has 1 saturated heterocycles. The molecule has 0 aromatic carbocycles. The maximum atomic E-state index is 9.38. The van der Waals surface area contributed by atoms with E-state index in [1.54, 1.807) is 19.4 Å². The number of hydrogen-bond acceptors (Lipinski definition) is 4. The first-order valence-corrected chi connectivity index (χ1v) is 11.3. The second-order valence-electron chi connectivity index (χ2n) is 6.63. The van der Waals surface area contributed by atoms with Crippen molar-refractivity contribution in [1.29, 1.82) is 5.26 Å². The van der Waals surface area contributed by atoms with E-state index >= 15 is 0 Å². The van der Waals surface area contributed by atoms with Crippen molar-refractivity contribution in [2.24, 2.45) is 0 Å². The van der Waals surface area contributed by atoms with Crippen LogP contribution in [0.25, 0.3) is 0 Å². The number of aromatic nitrogens is 1. The molecule has 0 radical (unpaired) electrons. The molecule has 1 fully saturated rings. The summed E-state index contributed by atoms with van der Waals surface area (Å²) in [6, 6.07) is 3.94. The Balaban J connectivity index is 2.10. The third-order valence-electron chi connectivity index (χ3n) is 3.65. The number of allylic oxidation sites excluding steroid dienone is 1. The summed E-state index contributed by atoms with van der Waals surface area (Å²) in [5.41, 5.74) is 5.27. The SMILES string of the molecule is COc1ccnc(N2CCC(=CC#C[Si](C)(C)C)CC2)c1C#N.